The van der Waals surface area contributed by atoms with Gasteiger partial charge in [0.2, 0.25) is 5.91 Å². The summed E-state index contributed by atoms with van der Waals surface area (Å²) in [7, 11) is 1.84. The Kier molecular flexibility index (Phi) is 10.8. The second-order valence-electron chi connectivity index (χ2n) is 9.71. The molecule has 4 rings (SSSR count). The average molecular weight is 568 g/mol. The molecule has 33 heavy (non-hydrogen) atoms. The van der Waals surface area contributed by atoms with Gasteiger partial charge in [0.25, 0.3) is 0 Å². The van der Waals surface area contributed by atoms with Crippen molar-refractivity contribution < 1.29 is 4.79 Å². The first-order chi connectivity index (χ1) is 15.7. The predicted molar refractivity (Wildman–Crippen MR) is 146 cm³/mol. The van der Waals surface area contributed by atoms with Crippen molar-refractivity contribution in [3.8, 4) is 0 Å². The number of rotatable bonds is 6. The molecule has 0 radical (unpaired) electrons. The molecule has 0 aromatic heterocycles. The Balaban J connectivity index is 0.00000306. The van der Waals surface area contributed by atoms with Crippen molar-refractivity contribution in [1.82, 2.24) is 20.4 Å². The topological polar surface area (TPSA) is 60.0 Å². The molecular weight excluding hydrogens is 525 g/mol. The van der Waals surface area contributed by atoms with Crippen LogP contribution in [0.2, 0.25) is 0 Å². The molecule has 2 N–H and O–H groups in total. The molecular formula is C26H42IN5O. The van der Waals surface area contributed by atoms with E-state index in [-0.39, 0.29) is 29.9 Å². The Bertz CT molecular complexity index is 780. The minimum Gasteiger partial charge on any atom is -0.356 e. The molecule has 1 unspecified atom stereocenters. The molecule has 0 spiro atoms. The zero-order valence-electron chi connectivity index (χ0n) is 20.2. The number of hydrogen-bond donors (Lipinski definition) is 2. The summed E-state index contributed by atoms with van der Waals surface area (Å²) in [6.45, 7) is 4.74. The van der Waals surface area contributed by atoms with Gasteiger partial charge < -0.3 is 15.5 Å². The van der Waals surface area contributed by atoms with Crippen LogP contribution < -0.4 is 10.6 Å². The Morgan fingerprint density at radius 2 is 1.85 bits per heavy atom. The van der Waals surface area contributed by atoms with Crippen LogP contribution in [-0.4, -0.2) is 67.0 Å². The van der Waals surface area contributed by atoms with Gasteiger partial charge in [0.15, 0.2) is 5.96 Å². The van der Waals surface area contributed by atoms with Crippen LogP contribution >= 0.6 is 24.0 Å². The molecule has 2 heterocycles. The standard InChI is InChI=1S/C26H41N5O.HI/c1-27-26(29-23-11-8-17-30(20-23)24-12-3-2-4-13-24)28-16-7-14-25(32)31-18-15-21-9-5-6-10-22(21)19-31;/h5-6,9-10,23-24H,2-4,7-8,11-20H2,1H3,(H2,27,28,29);1H. The fourth-order valence-corrected chi connectivity index (χ4v) is 5.60. The van der Waals surface area contributed by atoms with Crippen molar-refractivity contribution in [3.05, 3.63) is 35.4 Å². The predicted octanol–water partition coefficient (Wildman–Crippen LogP) is 3.93. The fraction of sp³-hybridized carbons (Fsp3) is 0.692. The van der Waals surface area contributed by atoms with E-state index < -0.39 is 0 Å². The number of aliphatic imine (C=N–C) groups is 1. The molecule has 1 atom stereocenters. The van der Waals surface area contributed by atoms with E-state index in [4.69, 9.17) is 0 Å². The van der Waals surface area contributed by atoms with Gasteiger partial charge in [-0.05, 0) is 56.2 Å². The lowest BCUT2D eigenvalue weighted by Gasteiger charge is -2.40. The van der Waals surface area contributed by atoms with Crippen molar-refractivity contribution in [2.45, 2.75) is 82.8 Å². The monoisotopic (exact) mass is 567 g/mol. The number of likely N-dealkylation sites (tertiary alicyclic amines) is 1. The Morgan fingerprint density at radius 3 is 2.64 bits per heavy atom. The lowest BCUT2D eigenvalue weighted by atomic mass is 9.92. The fourth-order valence-electron chi connectivity index (χ4n) is 5.60. The zero-order chi connectivity index (χ0) is 22.2. The van der Waals surface area contributed by atoms with Gasteiger partial charge in [-0.2, -0.15) is 0 Å². The molecule has 3 aliphatic rings. The highest BCUT2D eigenvalue weighted by Crippen LogP contribution is 2.25. The van der Waals surface area contributed by atoms with Crippen molar-refractivity contribution in [2.24, 2.45) is 4.99 Å². The number of benzene rings is 1. The molecule has 184 valence electrons. The second kappa shape index (κ2) is 13.5. The smallest absolute Gasteiger partial charge is 0.222 e. The van der Waals surface area contributed by atoms with Crippen molar-refractivity contribution in [1.29, 1.82) is 0 Å². The van der Waals surface area contributed by atoms with Crippen LogP contribution in [0.15, 0.2) is 29.3 Å². The summed E-state index contributed by atoms with van der Waals surface area (Å²) in [6, 6.07) is 9.73. The minimum absolute atomic E-state index is 0. The summed E-state index contributed by atoms with van der Waals surface area (Å²) in [5.74, 6) is 1.14. The third-order valence-electron chi connectivity index (χ3n) is 7.45. The lowest BCUT2D eigenvalue weighted by Crippen LogP contribution is -2.53. The van der Waals surface area contributed by atoms with Gasteiger partial charge >= 0.3 is 0 Å². The van der Waals surface area contributed by atoms with Crippen LogP contribution in [0.25, 0.3) is 0 Å². The summed E-state index contributed by atoms with van der Waals surface area (Å²) in [5, 5.41) is 7.07. The number of hydrogen-bond acceptors (Lipinski definition) is 3. The number of amides is 1. The molecule has 7 heteroatoms. The van der Waals surface area contributed by atoms with Crippen LogP contribution in [0, 0.1) is 0 Å². The van der Waals surface area contributed by atoms with E-state index in [1.807, 2.05) is 11.9 Å². The Labute approximate surface area is 217 Å². The van der Waals surface area contributed by atoms with Gasteiger partial charge in [-0.15, -0.1) is 24.0 Å². The van der Waals surface area contributed by atoms with E-state index >= 15 is 0 Å². The maximum atomic E-state index is 12.7. The zero-order valence-corrected chi connectivity index (χ0v) is 22.6. The summed E-state index contributed by atoms with van der Waals surface area (Å²) in [5.41, 5.74) is 2.68. The van der Waals surface area contributed by atoms with Crippen LogP contribution in [0.4, 0.5) is 0 Å². The van der Waals surface area contributed by atoms with E-state index in [2.05, 4.69) is 44.8 Å². The van der Waals surface area contributed by atoms with E-state index in [9.17, 15) is 4.79 Å². The molecule has 6 nitrogen and oxygen atoms in total. The van der Waals surface area contributed by atoms with Crippen molar-refractivity contribution in [3.63, 3.8) is 0 Å². The van der Waals surface area contributed by atoms with Crippen LogP contribution in [0.5, 0.6) is 0 Å². The first-order valence-electron chi connectivity index (χ1n) is 12.8. The number of nitrogens with zero attached hydrogens (tertiary/aromatic N) is 3. The third kappa shape index (κ3) is 7.57. The SMILES string of the molecule is CN=C(NCCCC(=O)N1CCc2ccccc2C1)NC1CCCN(C2CCCCC2)C1.I. The molecule has 1 amide bonds. The van der Waals surface area contributed by atoms with Gasteiger partial charge in [0.05, 0.1) is 0 Å². The summed E-state index contributed by atoms with van der Waals surface area (Å²) in [4.78, 5) is 21.8. The van der Waals surface area contributed by atoms with Crippen LogP contribution in [0.1, 0.15) is 68.9 Å². The largest absolute Gasteiger partial charge is 0.356 e. The van der Waals surface area contributed by atoms with Gasteiger partial charge in [0, 0.05) is 51.7 Å². The highest BCUT2D eigenvalue weighted by atomic mass is 127. The molecule has 0 bridgehead atoms. The quantitative estimate of drug-likeness (QED) is 0.237. The molecule has 2 fully saturated rings. The van der Waals surface area contributed by atoms with Gasteiger partial charge in [-0.1, -0.05) is 43.5 Å². The third-order valence-corrected chi connectivity index (χ3v) is 7.45. The number of halogens is 1. The van der Waals surface area contributed by atoms with Crippen molar-refractivity contribution >= 4 is 35.8 Å². The normalized spacial score (nSPS) is 22.3. The first-order valence-corrected chi connectivity index (χ1v) is 12.8. The van der Waals surface area contributed by atoms with E-state index in [1.54, 1.807) is 0 Å². The van der Waals surface area contributed by atoms with E-state index in [0.29, 0.717) is 12.5 Å². The van der Waals surface area contributed by atoms with Crippen molar-refractivity contribution in [2.75, 3.05) is 33.2 Å². The highest BCUT2D eigenvalue weighted by Gasteiger charge is 2.27. The number of carbonyl (C=O) groups excluding carboxylic acids is 1. The summed E-state index contributed by atoms with van der Waals surface area (Å²) < 4.78 is 0. The Hall–Kier alpha value is -1.35. The highest BCUT2D eigenvalue weighted by molar-refractivity contribution is 14.0. The summed E-state index contributed by atoms with van der Waals surface area (Å²) in [6.07, 6.45) is 11.8. The number of carbonyl (C=O) groups is 1. The minimum atomic E-state index is 0. The van der Waals surface area contributed by atoms with Crippen LogP contribution in [0.3, 0.4) is 0 Å². The Morgan fingerprint density at radius 1 is 1.06 bits per heavy atom. The summed E-state index contributed by atoms with van der Waals surface area (Å²) >= 11 is 0. The molecule has 1 aromatic rings. The molecule has 1 aromatic carbocycles. The second-order valence-corrected chi connectivity index (χ2v) is 9.71. The average Bonchev–Trinajstić information content (AvgIpc) is 2.86. The molecule has 1 aliphatic carbocycles. The number of guanidine groups is 1. The maximum Gasteiger partial charge on any atom is 0.222 e. The van der Waals surface area contributed by atoms with Gasteiger partial charge in [-0.25, -0.2) is 0 Å². The molecule has 1 saturated carbocycles. The van der Waals surface area contributed by atoms with Gasteiger partial charge in [-0.3, -0.25) is 14.7 Å². The van der Waals surface area contributed by atoms with Crippen LogP contribution in [-0.2, 0) is 17.8 Å². The maximum absolute atomic E-state index is 12.7. The van der Waals surface area contributed by atoms with E-state index in [1.165, 1.54) is 62.6 Å². The van der Waals surface area contributed by atoms with Gasteiger partial charge in [0.1, 0.15) is 0 Å². The number of fused-ring (bicyclic) bond motifs is 1. The molecule has 2 aliphatic heterocycles. The molecule has 1 saturated heterocycles. The number of piperidine rings is 1. The van der Waals surface area contributed by atoms with E-state index in [0.717, 1.165) is 51.0 Å². The lowest BCUT2D eigenvalue weighted by molar-refractivity contribution is -0.132. The first kappa shape index (κ1) is 26.3. The number of nitrogens with one attached hydrogen (secondary N) is 2.